The molecule has 0 radical (unpaired) electrons. The van der Waals surface area contributed by atoms with Crippen LogP contribution in [0.4, 0.5) is 24.0 Å². The Labute approximate surface area is 163 Å². The molecule has 4 saturated heterocycles. The van der Waals surface area contributed by atoms with Crippen molar-refractivity contribution in [2.75, 3.05) is 46.1 Å². The highest BCUT2D eigenvalue weighted by molar-refractivity contribution is 5.95. The zero-order valence-corrected chi connectivity index (χ0v) is 15.0. The van der Waals surface area contributed by atoms with Gasteiger partial charge in [0, 0.05) is 0 Å². The molecule has 4 aliphatic heterocycles. The van der Waals surface area contributed by atoms with Crippen molar-refractivity contribution in [1.82, 2.24) is 14.7 Å². The Balaban J connectivity index is 1.47. The largest absolute Gasteiger partial charge is 0.508 e. The number of hydrogen-bond donors (Lipinski definition) is 0. The van der Waals surface area contributed by atoms with Crippen molar-refractivity contribution in [2.45, 2.75) is 18.3 Å². The average molecular weight is 415 g/mol. The highest BCUT2D eigenvalue weighted by Crippen LogP contribution is 2.20. The third-order valence-electron chi connectivity index (χ3n) is 4.53. The molecule has 14 nitrogen and oxygen atoms in total. The van der Waals surface area contributed by atoms with Gasteiger partial charge in [-0.05, 0) is 0 Å². The van der Waals surface area contributed by atoms with Crippen LogP contribution in [0, 0.1) is 0 Å². The molecule has 4 rings (SSSR count). The summed E-state index contributed by atoms with van der Waals surface area (Å²) in [6.07, 6.45) is -4.75. The Bertz CT molecular complexity index is 697. The van der Waals surface area contributed by atoms with E-state index in [1.807, 2.05) is 0 Å². The molecule has 3 atom stereocenters. The van der Waals surface area contributed by atoms with E-state index < -0.39 is 48.8 Å². The summed E-state index contributed by atoms with van der Waals surface area (Å²) in [7, 11) is 0. The minimum Gasteiger partial charge on any atom is -0.430 e. The molecule has 4 aliphatic rings. The first-order valence-electron chi connectivity index (χ1n) is 8.74. The smallest absolute Gasteiger partial charge is 0.430 e. The van der Waals surface area contributed by atoms with Crippen LogP contribution in [0.3, 0.4) is 0 Å². The molecule has 158 valence electrons. The molecular formula is C15H17N3O11. The Hall–Kier alpha value is -3.45. The van der Waals surface area contributed by atoms with Gasteiger partial charge < -0.3 is 38.2 Å². The monoisotopic (exact) mass is 415 g/mol. The molecule has 0 saturated carbocycles. The number of carbonyl (C=O) groups excluding carboxylic acids is 5. The summed E-state index contributed by atoms with van der Waals surface area (Å²) < 4.78 is 28.9. The number of imide groups is 1. The number of hydrogen-bond acceptors (Lipinski definition) is 11. The number of carbonyl (C=O) groups is 5. The van der Waals surface area contributed by atoms with Crippen LogP contribution in [0.1, 0.15) is 0 Å². The van der Waals surface area contributed by atoms with Gasteiger partial charge in [0.1, 0.15) is 19.8 Å². The lowest BCUT2D eigenvalue weighted by Gasteiger charge is -2.42. The van der Waals surface area contributed by atoms with Gasteiger partial charge in [-0.3, -0.25) is 0 Å². The Morgan fingerprint density at radius 3 is 1.34 bits per heavy atom. The summed E-state index contributed by atoms with van der Waals surface area (Å²) >= 11 is 0. The van der Waals surface area contributed by atoms with Gasteiger partial charge in [-0.1, -0.05) is 0 Å². The second-order valence-electron chi connectivity index (χ2n) is 6.66. The highest BCUT2D eigenvalue weighted by Gasteiger charge is 2.43. The fourth-order valence-corrected chi connectivity index (χ4v) is 3.24. The molecule has 0 aromatic carbocycles. The Morgan fingerprint density at radius 1 is 0.621 bits per heavy atom. The number of urea groups is 2. The van der Waals surface area contributed by atoms with Crippen molar-refractivity contribution in [3.05, 3.63) is 0 Å². The molecule has 0 N–H and O–H groups in total. The molecule has 14 heteroatoms. The number of rotatable bonds is 6. The third kappa shape index (κ3) is 4.05. The summed E-state index contributed by atoms with van der Waals surface area (Å²) in [5, 5.41) is 0. The van der Waals surface area contributed by atoms with Crippen LogP contribution >= 0.6 is 0 Å². The van der Waals surface area contributed by atoms with Crippen LogP contribution in [0.15, 0.2) is 0 Å². The maximum atomic E-state index is 12.8. The van der Waals surface area contributed by atoms with Gasteiger partial charge in [0.2, 0.25) is 0 Å². The van der Waals surface area contributed by atoms with Gasteiger partial charge in [0.05, 0.1) is 26.3 Å². The molecule has 4 fully saturated rings. The fourth-order valence-electron chi connectivity index (χ4n) is 3.24. The van der Waals surface area contributed by atoms with Crippen LogP contribution in [0.5, 0.6) is 0 Å². The lowest BCUT2D eigenvalue weighted by Crippen LogP contribution is -2.64. The maximum Gasteiger partial charge on any atom is 0.508 e. The van der Waals surface area contributed by atoms with Gasteiger partial charge in [-0.25, -0.2) is 28.9 Å². The minimum absolute atomic E-state index is 0.0211. The second kappa shape index (κ2) is 7.52. The van der Waals surface area contributed by atoms with E-state index in [4.69, 9.17) is 23.7 Å². The van der Waals surface area contributed by atoms with Crippen molar-refractivity contribution < 1.29 is 52.4 Å². The average Bonchev–Trinajstić information content (AvgIpc) is 3.38. The predicted molar refractivity (Wildman–Crippen MR) is 84.4 cm³/mol. The lowest BCUT2D eigenvalue weighted by atomic mass is 10.3. The third-order valence-corrected chi connectivity index (χ3v) is 4.53. The molecule has 0 aromatic heterocycles. The second-order valence-corrected chi connectivity index (χ2v) is 6.66. The number of nitrogens with zero attached hydrogens (tertiary/aromatic N) is 3. The van der Waals surface area contributed by atoms with Crippen LogP contribution in [0.25, 0.3) is 0 Å². The van der Waals surface area contributed by atoms with Crippen molar-refractivity contribution >= 4 is 30.5 Å². The zero-order chi connectivity index (χ0) is 20.5. The highest BCUT2D eigenvalue weighted by atomic mass is 16.8. The van der Waals surface area contributed by atoms with E-state index in [2.05, 4.69) is 4.74 Å². The Kier molecular flexibility index (Phi) is 4.90. The van der Waals surface area contributed by atoms with Crippen LogP contribution in [0.2, 0.25) is 0 Å². The van der Waals surface area contributed by atoms with E-state index in [1.165, 1.54) is 9.80 Å². The number of cyclic esters (lactones) is 6. The van der Waals surface area contributed by atoms with Gasteiger partial charge in [0.15, 0.2) is 18.3 Å². The summed E-state index contributed by atoms with van der Waals surface area (Å²) in [5.74, 6) is 0. The van der Waals surface area contributed by atoms with Crippen molar-refractivity contribution in [1.29, 1.82) is 0 Å². The van der Waals surface area contributed by atoms with E-state index in [0.717, 1.165) is 4.90 Å². The van der Waals surface area contributed by atoms with E-state index in [-0.39, 0.29) is 46.1 Å². The summed E-state index contributed by atoms with van der Waals surface area (Å²) in [5.41, 5.74) is 0. The van der Waals surface area contributed by atoms with Crippen LogP contribution < -0.4 is 0 Å². The van der Waals surface area contributed by atoms with E-state index >= 15 is 0 Å². The normalized spacial score (nSPS) is 29.3. The lowest BCUT2D eigenvalue weighted by molar-refractivity contribution is 0.0313. The predicted octanol–water partition coefficient (Wildman–Crippen LogP) is -0.290. The van der Waals surface area contributed by atoms with E-state index in [9.17, 15) is 24.0 Å². The molecule has 29 heavy (non-hydrogen) atoms. The molecule has 3 unspecified atom stereocenters. The van der Waals surface area contributed by atoms with Gasteiger partial charge >= 0.3 is 30.5 Å². The molecule has 4 heterocycles. The summed E-state index contributed by atoms with van der Waals surface area (Å²) in [6.45, 7) is -0.551. The zero-order valence-electron chi connectivity index (χ0n) is 15.0. The van der Waals surface area contributed by atoms with Gasteiger partial charge in [-0.2, -0.15) is 0 Å². The topological polar surface area (TPSA) is 150 Å². The first-order chi connectivity index (χ1) is 13.9. The van der Waals surface area contributed by atoms with Crippen molar-refractivity contribution in [3.8, 4) is 0 Å². The molecule has 0 bridgehead atoms. The summed E-state index contributed by atoms with van der Waals surface area (Å²) in [4.78, 5) is 62.5. The molecule has 4 amide bonds. The number of ether oxygens (including phenoxy) is 6. The first kappa shape index (κ1) is 18.9. The quantitative estimate of drug-likeness (QED) is 0.416. The molecule has 0 aliphatic carbocycles. The van der Waals surface area contributed by atoms with Gasteiger partial charge in [0.25, 0.3) is 0 Å². The minimum atomic E-state index is -0.884. The SMILES string of the molecule is O=C1OCC(CN2CN(CC3COC(=O)O3)C(=O)N(CC3COC(=O)O3)C2=O)O1. The Morgan fingerprint density at radius 2 is 1.00 bits per heavy atom. The maximum absolute atomic E-state index is 12.8. The fraction of sp³-hybridized carbons (Fsp3) is 0.667. The van der Waals surface area contributed by atoms with E-state index in [1.54, 1.807) is 0 Å². The van der Waals surface area contributed by atoms with Gasteiger partial charge in [-0.15, -0.1) is 0 Å². The van der Waals surface area contributed by atoms with E-state index in [0.29, 0.717) is 0 Å². The van der Waals surface area contributed by atoms with Crippen LogP contribution in [-0.4, -0.2) is 110 Å². The molecule has 0 spiro atoms. The number of amides is 4. The molecule has 0 aromatic rings. The summed E-state index contributed by atoms with van der Waals surface area (Å²) in [6, 6.07) is -1.31. The standard InChI is InChI=1S/C15H17N3O11/c19-11-16(1-8-4-24-13(21)27-8)7-17(2-9-5-25-14(22)28-9)12(20)18(11)3-10-6-26-15(23)29-10/h8-10H,1-7H2. The molecular weight excluding hydrogens is 398 g/mol. The van der Waals surface area contributed by atoms with Crippen LogP contribution in [-0.2, 0) is 28.4 Å². The van der Waals surface area contributed by atoms with Crippen molar-refractivity contribution in [3.63, 3.8) is 0 Å². The van der Waals surface area contributed by atoms with Crippen molar-refractivity contribution in [2.24, 2.45) is 0 Å². The first-order valence-corrected chi connectivity index (χ1v) is 8.74.